The monoisotopic (exact) mass is 242 g/mol. The standard InChI is InChI=1S/C10H11BrO2/c1-7-3-4-9(11)5-10(7)13-6-8(2)12/h3-5H,6H2,1-2H3. The zero-order valence-electron chi connectivity index (χ0n) is 7.63. The van der Waals surface area contributed by atoms with Gasteiger partial charge in [0.15, 0.2) is 5.78 Å². The van der Waals surface area contributed by atoms with Crippen molar-refractivity contribution in [2.45, 2.75) is 13.8 Å². The van der Waals surface area contributed by atoms with Gasteiger partial charge in [0.25, 0.3) is 0 Å². The van der Waals surface area contributed by atoms with Gasteiger partial charge in [0.1, 0.15) is 12.4 Å². The van der Waals surface area contributed by atoms with Gasteiger partial charge in [0, 0.05) is 4.47 Å². The minimum Gasteiger partial charge on any atom is -0.486 e. The molecule has 0 N–H and O–H groups in total. The van der Waals surface area contributed by atoms with Crippen molar-refractivity contribution in [1.29, 1.82) is 0 Å². The molecular formula is C10H11BrO2. The fourth-order valence-corrected chi connectivity index (χ4v) is 1.25. The lowest BCUT2D eigenvalue weighted by Crippen LogP contribution is -2.07. The van der Waals surface area contributed by atoms with Crippen LogP contribution >= 0.6 is 15.9 Å². The van der Waals surface area contributed by atoms with Gasteiger partial charge in [-0.3, -0.25) is 4.79 Å². The molecule has 3 heteroatoms. The molecule has 13 heavy (non-hydrogen) atoms. The summed E-state index contributed by atoms with van der Waals surface area (Å²) in [7, 11) is 0. The zero-order chi connectivity index (χ0) is 9.84. The molecule has 0 fully saturated rings. The van der Waals surface area contributed by atoms with Crippen molar-refractivity contribution in [1.82, 2.24) is 0 Å². The van der Waals surface area contributed by atoms with Crippen LogP contribution in [-0.2, 0) is 4.79 Å². The van der Waals surface area contributed by atoms with Gasteiger partial charge in [0.05, 0.1) is 0 Å². The van der Waals surface area contributed by atoms with Gasteiger partial charge in [-0.25, -0.2) is 0 Å². The van der Waals surface area contributed by atoms with Crippen molar-refractivity contribution in [3.63, 3.8) is 0 Å². The summed E-state index contributed by atoms with van der Waals surface area (Å²) in [5.74, 6) is 0.781. The second kappa shape index (κ2) is 4.42. The molecule has 0 saturated heterocycles. The molecule has 0 bridgehead atoms. The summed E-state index contributed by atoms with van der Waals surface area (Å²) in [6.07, 6.45) is 0. The third kappa shape index (κ3) is 3.19. The Morgan fingerprint density at radius 1 is 1.54 bits per heavy atom. The summed E-state index contributed by atoms with van der Waals surface area (Å²) in [6.45, 7) is 3.59. The van der Waals surface area contributed by atoms with Gasteiger partial charge in [-0.1, -0.05) is 22.0 Å². The van der Waals surface area contributed by atoms with E-state index in [1.807, 2.05) is 25.1 Å². The van der Waals surface area contributed by atoms with Crippen LogP contribution in [-0.4, -0.2) is 12.4 Å². The summed E-state index contributed by atoms with van der Waals surface area (Å²) in [4.78, 5) is 10.7. The molecular weight excluding hydrogens is 232 g/mol. The average molecular weight is 243 g/mol. The van der Waals surface area contributed by atoms with E-state index in [2.05, 4.69) is 15.9 Å². The van der Waals surface area contributed by atoms with Gasteiger partial charge in [0.2, 0.25) is 0 Å². The third-order valence-corrected chi connectivity index (χ3v) is 2.07. The number of rotatable bonds is 3. The normalized spacial score (nSPS) is 9.77. The molecule has 0 heterocycles. The summed E-state index contributed by atoms with van der Waals surface area (Å²) in [6, 6.07) is 5.74. The molecule has 0 aromatic heterocycles. The molecule has 2 nitrogen and oxygen atoms in total. The number of hydrogen-bond acceptors (Lipinski definition) is 2. The van der Waals surface area contributed by atoms with E-state index in [-0.39, 0.29) is 12.4 Å². The highest BCUT2D eigenvalue weighted by Crippen LogP contribution is 2.22. The molecule has 0 radical (unpaired) electrons. The fourth-order valence-electron chi connectivity index (χ4n) is 0.909. The quantitative estimate of drug-likeness (QED) is 0.815. The van der Waals surface area contributed by atoms with Crippen LogP contribution in [0.25, 0.3) is 0 Å². The van der Waals surface area contributed by atoms with Crippen LogP contribution in [0.3, 0.4) is 0 Å². The molecule has 0 aliphatic heterocycles. The molecule has 0 spiro atoms. The largest absolute Gasteiger partial charge is 0.486 e. The van der Waals surface area contributed by atoms with Crippen LogP contribution in [0.4, 0.5) is 0 Å². The highest BCUT2D eigenvalue weighted by Gasteiger charge is 2.01. The van der Waals surface area contributed by atoms with Crippen molar-refractivity contribution in [2.24, 2.45) is 0 Å². The molecule has 0 amide bonds. The third-order valence-electron chi connectivity index (χ3n) is 1.58. The Bertz CT molecular complexity index is 321. The van der Waals surface area contributed by atoms with Gasteiger partial charge in [-0.05, 0) is 31.5 Å². The first kappa shape index (κ1) is 10.3. The number of carbonyl (C=O) groups is 1. The van der Waals surface area contributed by atoms with Crippen molar-refractivity contribution < 1.29 is 9.53 Å². The second-order valence-electron chi connectivity index (χ2n) is 2.90. The van der Waals surface area contributed by atoms with Crippen molar-refractivity contribution in [2.75, 3.05) is 6.61 Å². The van der Waals surface area contributed by atoms with Gasteiger partial charge >= 0.3 is 0 Å². The number of halogens is 1. The first-order chi connectivity index (χ1) is 6.09. The number of ketones is 1. The highest BCUT2D eigenvalue weighted by atomic mass is 79.9. The Labute approximate surface area is 86.0 Å². The van der Waals surface area contributed by atoms with E-state index < -0.39 is 0 Å². The lowest BCUT2D eigenvalue weighted by molar-refractivity contribution is -0.118. The predicted octanol–water partition coefficient (Wildman–Crippen LogP) is 2.73. The van der Waals surface area contributed by atoms with Crippen LogP contribution in [0.15, 0.2) is 22.7 Å². The molecule has 0 aliphatic carbocycles. The van der Waals surface area contributed by atoms with Crippen molar-refractivity contribution in [3.8, 4) is 5.75 Å². The van der Waals surface area contributed by atoms with E-state index in [0.717, 1.165) is 15.8 Å². The van der Waals surface area contributed by atoms with E-state index in [0.29, 0.717) is 0 Å². The van der Waals surface area contributed by atoms with E-state index >= 15 is 0 Å². The van der Waals surface area contributed by atoms with E-state index in [9.17, 15) is 4.79 Å². The average Bonchev–Trinajstić information content (AvgIpc) is 2.06. The summed E-state index contributed by atoms with van der Waals surface area (Å²) in [5.41, 5.74) is 1.03. The maximum absolute atomic E-state index is 10.7. The fraction of sp³-hybridized carbons (Fsp3) is 0.300. The first-order valence-electron chi connectivity index (χ1n) is 3.98. The Morgan fingerprint density at radius 3 is 2.85 bits per heavy atom. The van der Waals surface area contributed by atoms with Gasteiger partial charge in [-0.2, -0.15) is 0 Å². The smallest absolute Gasteiger partial charge is 0.167 e. The van der Waals surface area contributed by atoms with Crippen LogP contribution in [0.5, 0.6) is 5.75 Å². The number of carbonyl (C=O) groups excluding carboxylic acids is 1. The Kier molecular flexibility index (Phi) is 3.48. The predicted molar refractivity (Wildman–Crippen MR) is 55.1 cm³/mol. The molecule has 1 aromatic carbocycles. The minimum absolute atomic E-state index is 0.0272. The maximum atomic E-state index is 10.7. The molecule has 1 aromatic rings. The van der Waals surface area contributed by atoms with Crippen LogP contribution in [0.2, 0.25) is 0 Å². The number of hydrogen-bond donors (Lipinski definition) is 0. The van der Waals surface area contributed by atoms with Gasteiger partial charge in [-0.15, -0.1) is 0 Å². The molecule has 0 unspecified atom stereocenters. The van der Waals surface area contributed by atoms with Gasteiger partial charge < -0.3 is 4.74 Å². The topological polar surface area (TPSA) is 26.3 Å². The molecule has 70 valence electrons. The lowest BCUT2D eigenvalue weighted by Gasteiger charge is -2.07. The molecule has 0 aliphatic rings. The molecule has 1 rings (SSSR count). The van der Waals surface area contributed by atoms with Crippen molar-refractivity contribution >= 4 is 21.7 Å². The summed E-state index contributed by atoms with van der Waals surface area (Å²) >= 11 is 3.34. The zero-order valence-corrected chi connectivity index (χ0v) is 9.22. The Hall–Kier alpha value is -0.830. The lowest BCUT2D eigenvalue weighted by atomic mass is 10.2. The van der Waals surface area contributed by atoms with Crippen LogP contribution < -0.4 is 4.74 Å². The van der Waals surface area contributed by atoms with Crippen LogP contribution in [0, 0.1) is 6.92 Å². The SMILES string of the molecule is CC(=O)COc1cc(Br)ccc1C. The van der Waals surface area contributed by atoms with E-state index in [1.165, 1.54) is 6.92 Å². The van der Waals surface area contributed by atoms with E-state index in [1.54, 1.807) is 0 Å². The number of ether oxygens (including phenoxy) is 1. The number of benzene rings is 1. The van der Waals surface area contributed by atoms with E-state index in [4.69, 9.17) is 4.74 Å². The Balaban J connectivity index is 2.75. The number of Topliss-reactive ketones (excluding diaryl/α,β-unsaturated/α-hetero) is 1. The Morgan fingerprint density at radius 2 is 2.23 bits per heavy atom. The highest BCUT2D eigenvalue weighted by molar-refractivity contribution is 9.10. The van der Waals surface area contributed by atoms with Crippen LogP contribution in [0.1, 0.15) is 12.5 Å². The van der Waals surface area contributed by atoms with Crippen molar-refractivity contribution in [3.05, 3.63) is 28.2 Å². The second-order valence-corrected chi connectivity index (χ2v) is 3.82. The first-order valence-corrected chi connectivity index (χ1v) is 4.77. The molecule has 0 saturated carbocycles. The number of aryl methyl sites for hydroxylation is 1. The summed E-state index contributed by atoms with van der Waals surface area (Å²) in [5, 5.41) is 0. The summed E-state index contributed by atoms with van der Waals surface area (Å²) < 4.78 is 6.25. The molecule has 0 atom stereocenters. The maximum Gasteiger partial charge on any atom is 0.167 e. The minimum atomic E-state index is 0.0272.